The molecule has 0 aromatic heterocycles. The van der Waals surface area contributed by atoms with Crippen LogP contribution in [0.5, 0.6) is 5.75 Å². The average Bonchev–Trinajstić information content (AvgIpc) is 2.63. The highest BCUT2D eigenvalue weighted by Crippen LogP contribution is 2.56. The maximum absolute atomic E-state index is 8.73. The Hall–Kier alpha value is -1.23. The third kappa shape index (κ3) is 2.72. The van der Waals surface area contributed by atoms with Gasteiger partial charge >= 0.3 is 0 Å². The second-order valence-corrected chi connectivity index (χ2v) is 6.82. The molecule has 1 unspecified atom stereocenters. The van der Waals surface area contributed by atoms with Crippen molar-refractivity contribution in [2.24, 2.45) is 0 Å². The molecule has 2 rings (SSSR count). The Morgan fingerprint density at radius 3 is 2.82 bits per heavy atom. The van der Waals surface area contributed by atoms with Crippen molar-refractivity contribution in [2.45, 2.75) is 26.4 Å². The normalized spacial score (nSPS) is 21.5. The van der Waals surface area contributed by atoms with Crippen LogP contribution in [0.3, 0.4) is 0 Å². The van der Waals surface area contributed by atoms with Crippen LogP contribution < -0.4 is 4.52 Å². The Labute approximate surface area is 102 Å². The van der Waals surface area contributed by atoms with Crippen molar-refractivity contribution >= 4 is 13.1 Å². The minimum absolute atomic E-state index is 0.104. The fourth-order valence-electron chi connectivity index (χ4n) is 1.85. The number of nitrogens with zero attached hydrogens (tertiary/aromatic N) is 1. The van der Waals surface area contributed by atoms with Gasteiger partial charge in [-0.2, -0.15) is 5.26 Å². The van der Waals surface area contributed by atoms with E-state index in [1.54, 1.807) is 0 Å². The molecule has 1 atom stereocenters. The van der Waals surface area contributed by atoms with Crippen molar-refractivity contribution in [1.82, 2.24) is 0 Å². The van der Waals surface area contributed by atoms with E-state index in [1.807, 2.05) is 38.1 Å². The van der Waals surface area contributed by atoms with E-state index >= 15 is 0 Å². The Balaban J connectivity index is 2.29. The minimum Gasteiger partial charge on any atom is -0.452 e. The summed E-state index contributed by atoms with van der Waals surface area (Å²) in [7, 11) is -2.05. The SMILES string of the molecule is CC(C)OP1(CCC#N)=Cc2ccccc2O1. The van der Waals surface area contributed by atoms with Crippen LogP contribution in [0.1, 0.15) is 25.8 Å². The summed E-state index contributed by atoms with van der Waals surface area (Å²) in [6, 6.07) is 10.1. The van der Waals surface area contributed by atoms with Gasteiger partial charge in [0.15, 0.2) is 7.34 Å². The van der Waals surface area contributed by atoms with Crippen LogP contribution in [0.15, 0.2) is 24.3 Å². The first-order chi connectivity index (χ1) is 8.15. The van der Waals surface area contributed by atoms with Crippen LogP contribution in [-0.4, -0.2) is 18.1 Å². The molecule has 0 fully saturated rings. The van der Waals surface area contributed by atoms with Gasteiger partial charge in [-0.15, -0.1) is 0 Å². The van der Waals surface area contributed by atoms with Gasteiger partial charge in [-0.05, 0) is 19.9 Å². The molecule has 17 heavy (non-hydrogen) atoms. The molecule has 4 heteroatoms. The minimum atomic E-state index is -2.05. The molecule has 0 aliphatic carbocycles. The fourth-order valence-corrected chi connectivity index (χ4v) is 4.60. The summed E-state index contributed by atoms with van der Waals surface area (Å²) < 4.78 is 12.0. The van der Waals surface area contributed by atoms with Crippen molar-refractivity contribution in [3.05, 3.63) is 29.8 Å². The number of hydrogen-bond donors (Lipinski definition) is 0. The van der Waals surface area contributed by atoms with E-state index in [2.05, 4.69) is 11.9 Å². The number of rotatable bonds is 4. The largest absolute Gasteiger partial charge is 0.452 e. The molecule has 1 aliphatic heterocycles. The monoisotopic (exact) mass is 249 g/mol. The molecule has 1 aromatic carbocycles. The van der Waals surface area contributed by atoms with Crippen molar-refractivity contribution in [1.29, 1.82) is 5.26 Å². The predicted molar refractivity (Wildman–Crippen MR) is 70.5 cm³/mol. The molecule has 90 valence electrons. The lowest BCUT2D eigenvalue weighted by Crippen LogP contribution is -2.07. The van der Waals surface area contributed by atoms with Crippen LogP contribution in [0.25, 0.3) is 0 Å². The van der Waals surface area contributed by atoms with Gasteiger partial charge in [-0.3, -0.25) is 0 Å². The third-order valence-corrected chi connectivity index (χ3v) is 5.23. The van der Waals surface area contributed by atoms with Crippen LogP contribution >= 0.6 is 7.34 Å². The zero-order valence-corrected chi connectivity index (χ0v) is 11.0. The lowest BCUT2D eigenvalue weighted by atomic mass is 10.2. The van der Waals surface area contributed by atoms with E-state index in [4.69, 9.17) is 14.3 Å². The maximum atomic E-state index is 8.73. The molecule has 0 amide bonds. The zero-order chi connectivity index (χ0) is 12.3. The molecule has 0 saturated heterocycles. The lowest BCUT2D eigenvalue weighted by Gasteiger charge is -2.24. The number of para-hydroxylation sites is 1. The van der Waals surface area contributed by atoms with Gasteiger partial charge in [-0.25, -0.2) is 0 Å². The average molecular weight is 249 g/mol. The summed E-state index contributed by atoms with van der Waals surface area (Å²) in [5.74, 6) is 2.96. The first-order valence-corrected chi connectivity index (χ1v) is 7.61. The Kier molecular flexibility index (Phi) is 3.57. The summed E-state index contributed by atoms with van der Waals surface area (Å²) in [5, 5.41) is 8.73. The fraction of sp³-hybridized carbons (Fsp3) is 0.385. The van der Waals surface area contributed by atoms with Crippen molar-refractivity contribution in [3.8, 4) is 11.8 Å². The van der Waals surface area contributed by atoms with Gasteiger partial charge in [0.05, 0.1) is 12.2 Å². The highest BCUT2D eigenvalue weighted by atomic mass is 31.2. The van der Waals surface area contributed by atoms with E-state index in [1.165, 1.54) is 0 Å². The number of hydrogen-bond acceptors (Lipinski definition) is 3. The molecule has 0 N–H and O–H groups in total. The van der Waals surface area contributed by atoms with Crippen LogP contribution in [0.4, 0.5) is 0 Å². The van der Waals surface area contributed by atoms with E-state index in [-0.39, 0.29) is 6.10 Å². The van der Waals surface area contributed by atoms with Crippen molar-refractivity contribution in [2.75, 3.05) is 6.16 Å². The highest BCUT2D eigenvalue weighted by molar-refractivity contribution is 7.67. The number of nitriles is 1. The first kappa shape index (κ1) is 12.2. The standard InChI is InChI=1S/C13H16NO2P/c1-11(2)15-17(9-5-8-14)10-12-6-3-4-7-13(12)16-17/h3-4,6-7,10-11H,5,9H2,1-2H3. The quantitative estimate of drug-likeness (QED) is 0.768. The highest BCUT2D eigenvalue weighted by Gasteiger charge is 2.28. The Morgan fingerprint density at radius 1 is 1.41 bits per heavy atom. The van der Waals surface area contributed by atoms with Gasteiger partial charge < -0.3 is 9.05 Å². The second-order valence-electron chi connectivity index (χ2n) is 4.27. The van der Waals surface area contributed by atoms with Crippen LogP contribution in [-0.2, 0) is 4.52 Å². The zero-order valence-electron chi connectivity index (χ0n) is 10.1. The molecule has 3 nitrogen and oxygen atoms in total. The summed E-state index contributed by atoms with van der Waals surface area (Å²) in [5.41, 5.74) is 1.08. The molecule has 0 saturated carbocycles. The van der Waals surface area contributed by atoms with Crippen LogP contribution in [0, 0.1) is 11.3 Å². The Morgan fingerprint density at radius 2 is 2.18 bits per heavy atom. The molecule has 1 aromatic rings. The smallest absolute Gasteiger partial charge is 0.176 e. The van der Waals surface area contributed by atoms with E-state index in [0.29, 0.717) is 12.6 Å². The third-order valence-electron chi connectivity index (χ3n) is 2.43. The molecular weight excluding hydrogens is 233 g/mol. The van der Waals surface area contributed by atoms with E-state index in [0.717, 1.165) is 11.3 Å². The molecule has 1 heterocycles. The maximum Gasteiger partial charge on any atom is 0.176 e. The Bertz CT molecular complexity index is 502. The number of fused-ring (bicyclic) bond motifs is 1. The van der Waals surface area contributed by atoms with E-state index < -0.39 is 7.34 Å². The molecule has 0 bridgehead atoms. The topological polar surface area (TPSA) is 42.2 Å². The number of benzene rings is 1. The molecule has 0 spiro atoms. The summed E-state index contributed by atoms with van der Waals surface area (Å²) >= 11 is 0. The molecule has 0 radical (unpaired) electrons. The molecule has 1 aliphatic rings. The summed E-state index contributed by atoms with van der Waals surface area (Å²) in [6.07, 6.45) is 1.23. The summed E-state index contributed by atoms with van der Waals surface area (Å²) in [6.45, 7) is 3.99. The van der Waals surface area contributed by atoms with Gasteiger partial charge in [0, 0.05) is 23.9 Å². The van der Waals surface area contributed by atoms with Gasteiger partial charge in [0.1, 0.15) is 5.75 Å². The van der Waals surface area contributed by atoms with E-state index in [9.17, 15) is 0 Å². The van der Waals surface area contributed by atoms with Crippen molar-refractivity contribution < 1.29 is 9.05 Å². The summed E-state index contributed by atoms with van der Waals surface area (Å²) in [4.78, 5) is 0. The lowest BCUT2D eigenvalue weighted by molar-refractivity contribution is 0.242. The van der Waals surface area contributed by atoms with Crippen LogP contribution in [0.2, 0.25) is 0 Å². The first-order valence-electron chi connectivity index (χ1n) is 5.73. The van der Waals surface area contributed by atoms with Gasteiger partial charge in [-0.1, -0.05) is 18.2 Å². The van der Waals surface area contributed by atoms with Gasteiger partial charge in [0.2, 0.25) is 0 Å². The van der Waals surface area contributed by atoms with Gasteiger partial charge in [0.25, 0.3) is 0 Å². The predicted octanol–water partition coefficient (Wildman–Crippen LogP) is 3.42. The second kappa shape index (κ2) is 4.96. The molecular formula is C13H16NO2P. The van der Waals surface area contributed by atoms with Crippen molar-refractivity contribution in [3.63, 3.8) is 0 Å².